The quantitative estimate of drug-likeness (QED) is 0.421. The first-order valence-electron chi connectivity index (χ1n) is 10.6. The number of ether oxygens (including phenoxy) is 1. The van der Waals surface area contributed by atoms with Crippen molar-refractivity contribution in [3.8, 4) is 6.07 Å². The van der Waals surface area contributed by atoms with E-state index in [2.05, 4.69) is 31.7 Å². The number of fused-ring (bicyclic) bond motifs is 1. The highest BCUT2D eigenvalue weighted by atomic mass is 35.5. The van der Waals surface area contributed by atoms with Crippen molar-refractivity contribution in [2.45, 2.75) is 12.0 Å². The minimum atomic E-state index is -0.656. The summed E-state index contributed by atoms with van der Waals surface area (Å²) in [6, 6.07) is 12.7. The second-order valence-electron chi connectivity index (χ2n) is 8.00. The van der Waals surface area contributed by atoms with Gasteiger partial charge in [0.05, 0.1) is 23.5 Å². The molecule has 1 fully saturated rings. The molecule has 1 saturated heterocycles. The van der Waals surface area contributed by atoms with Crippen LogP contribution in [0.15, 0.2) is 59.8 Å². The molecule has 0 amide bonds. The van der Waals surface area contributed by atoms with Crippen molar-refractivity contribution in [2.75, 3.05) is 23.8 Å². The Morgan fingerprint density at radius 3 is 2.68 bits per heavy atom. The van der Waals surface area contributed by atoms with Crippen LogP contribution in [0.3, 0.4) is 0 Å². The third-order valence-corrected chi connectivity index (χ3v) is 6.22. The lowest BCUT2D eigenvalue weighted by molar-refractivity contribution is 0.180. The van der Waals surface area contributed by atoms with E-state index in [4.69, 9.17) is 16.3 Å². The lowest BCUT2D eigenvalue weighted by Crippen LogP contribution is -2.38. The second kappa shape index (κ2) is 8.74. The molecule has 9 nitrogen and oxygen atoms in total. The van der Waals surface area contributed by atoms with Crippen molar-refractivity contribution in [1.82, 2.24) is 19.5 Å². The molecule has 0 saturated carbocycles. The van der Waals surface area contributed by atoms with E-state index in [1.165, 1.54) is 6.20 Å². The summed E-state index contributed by atoms with van der Waals surface area (Å²) < 4.78 is 7.27. The Kier molecular flexibility index (Phi) is 5.61. The van der Waals surface area contributed by atoms with Gasteiger partial charge in [-0.3, -0.25) is 4.79 Å². The van der Waals surface area contributed by atoms with Crippen molar-refractivity contribution in [2.24, 2.45) is 7.05 Å². The zero-order valence-corrected chi connectivity index (χ0v) is 19.0. The largest absolute Gasteiger partial charge is 0.378 e. The molecule has 1 aromatic carbocycles. The minimum Gasteiger partial charge on any atom is -0.378 e. The molecule has 1 unspecified atom stereocenters. The van der Waals surface area contributed by atoms with Gasteiger partial charge in [0.25, 0.3) is 5.56 Å². The van der Waals surface area contributed by atoms with Gasteiger partial charge in [-0.05, 0) is 18.2 Å². The van der Waals surface area contributed by atoms with Crippen LogP contribution in [0.25, 0.3) is 10.9 Å². The minimum absolute atomic E-state index is 0.106. The van der Waals surface area contributed by atoms with Gasteiger partial charge in [0.1, 0.15) is 22.3 Å². The number of nitrogens with zero attached hydrogens (tertiary/aromatic N) is 5. The van der Waals surface area contributed by atoms with Gasteiger partial charge in [-0.25, -0.2) is 15.0 Å². The van der Waals surface area contributed by atoms with E-state index in [0.29, 0.717) is 48.0 Å². The van der Waals surface area contributed by atoms with Crippen LogP contribution in [0.5, 0.6) is 0 Å². The molecule has 34 heavy (non-hydrogen) atoms. The van der Waals surface area contributed by atoms with Gasteiger partial charge in [-0.1, -0.05) is 23.7 Å². The summed E-state index contributed by atoms with van der Waals surface area (Å²) in [4.78, 5) is 25.9. The summed E-state index contributed by atoms with van der Waals surface area (Å²) in [5.41, 5.74) is 1.83. The molecule has 10 heteroatoms. The van der Waals surface area contributed by atoms with Gasteiger partial charge in [0.15, 0.2) is 5.82 Å². The number of rotatable bonds is 5. The van der Waals surface area contributed by atoms with Crippen molar-refractivity contribution in [1.29, 1.82) is 5.26 Å². The molecule has 0 bridgehead atoms. The second-order valence-corrected chi connectivity index (χ2v) is 8.36. The predicted molar refractivity (Wildman–Crippen MR) is 129 cm³/mol. The molecule has 0 radical (unpaired) electrons. The SMILES string of the molecule is Cn1c(=O)cc(NC2(c3ncccn3)CCOC2)c2cccc(Nc3ccnc(Cl)c3C#N)c21. The molecule has 0 spiro atoms. The van der Waals surface area contributed by atoms with E-state index in [0.717, 1.165) is 5.39 Å². The molecule has 3 aromatic heterocycles. The predicted octanol–water partition coefficient (Wildman–Crippen LogP) is 3.72. The fourth-order valence-corrected chi connectivity index (χ4v) is 4.43. The van der Waals surface area contributed by atoms with E-state index in [1.54, 1.807) is 42.2 Å². The lowest BCUT2D eigenvalue weighted by Gasteiger charge is -2.29. The molecule has 0 aliphatic carbocycles. The number of para-hydroxylation sites is 1. The highest BCUT2D eigenvalue weighted by Crippen LogP contribution is 2.36. The monoisotopic (exact) mass is 473 g/mol. The maximum atomic E-state index is 13.0. The number of nitriles is 1. The first kappa shape index (κ1) is 21.8. The topological polar surface area (TPSA) is 118 Å². The zero-order chi connectivity index (χ0) is 23.7. The third kappa shape index (κ3) is 3.73. The zero-order valence-electron chi connectivity index (χ0n) is 18.2. The fraction of sp³-hybridized carbons (Fsp3) is 0.208. The number of hydrogen-bond donors (Lipinski definition) is 2. The van der Waals surface area contributed by atoms with Gasteiger partial charge in [-0.2, -0.15) is 5.26 Å². The van der Waals surface area contributed by atoms with Crippen molar-refractivity contribution in [3.05, 3.63) is 81.9 Å². The smallest absolute Gasteiger partial charge is 0.252 e. The molecule has 1 aliphatic heterocycles. The Labute approximate surface area is 200 Å². The maximum absolute atomic E-state index is 13.0. The van der Waals surface area contributed by atoms with E-state index in [-0.39, 0.29) is 16.3 Å². The normalized spacial score (nSPS) is 17.4. The average Bonchev–Trinajstić information content (AvgIpc) is 3.33. The Balaban J connectivity index is 1.65. The van der Waals surface area contributed by atoms with E-state index in [1.807, 2.05) is 18.2 Å². The number of anilines is 3. The molecule has 1 aliphatic rings. The number of halogens is 1. The number of aryl methyl sites for hydroxylation is 1. The molecule has 2 N–H and O–H groups in total. The van der Waals surface area contributed by atoms with Crippen LogP contribution in [0.1, 0.15) is 17.8 Å². The fourth-order valence-electron chi connectivity index (χ4n) is 4.23. The number of pyridine rings is 2. The standard InChI is InChI=1S/C24H20ClN7O2/c1-32-20(33)12-19(31-24(7-11-34-14-24)23-28-8-3-9-29-23)15-4-2-5-18(21(15)32)30-17-6-10-27-22(25)16(17)13-26/h2-6,8-10,12,31H,7,11,14H2,1H3,(H,27,30). The van der Waals surface area contributed by atoms with E-state index >= 15 is 0 Å². The average molecular weight is 474 g/mol. The Morgan fingerprint density at radius 2 is 1.94 bits per heavy atom. The summed E-state index contributed by atoms with van der Waals surface area (Å²) in [5.74, 6) is 0.612. The van der Waals surface area contributed by atoms with Gasteiger partial charge < -0.3 is 19.9 Å². The summed E-state index contributed by atoms with van der Waals surface area (Å²) in [6.45, 7) is 0.938. The molecular weight excluding hydrogens is 454 g/mol. The lowest BCUT2D eigenvalue weighted by atomic mass is 9.96. The molecule has 5 rings (SSSR count). The van der Waals surface area contributed by atoms with Crippen LogP contribution in [0.4, 0.5) is 17.1 Å². The van der Waals surface area contributed by atoms with E-state index in [9.17, 15) is 10.1 Å². The summed E-state index contributed by atoms with van der Waals surface area (Å²) in [6.07, 6.45) is 5.57. The number of aromatic nitrogens is 4. The van der Waals surface area contributed by atoms with Crippen LogP contribution in [0.2, 0.25) is 5.15 Å². The molecule has 4 aromatic rings. The first-order valence-corrected chi connectivity index (χ1v) is 11.0. The van der Waals surface area contributed by atoms with Crippen molar-refractivity contribution >= 4 is 39.6 Å². The molecule has 4 heterocycles. The summed E-state index contributed by atoms with van der Waals surface area (Å²) in [5, 5.41) is 17.2. The summed E-state index contributed by atoms with van der Waals surface area (Å²) >= 11 is 6.10. The highest BCUT2D eigenvalue weighted by Gasteiger charge is 2.40. The Bertz CT molecular complexity index is 1470. The summed E-state index contributed by atoms with van der Waals surface area (Å²) in [7, 11) is 1.71. The van der Waals surface area contributed by atoms with E-state index < -0.39 is 5.54 Å². The third-order valence-electron chi connectivity index (χ3n) is 5.94. The molecular formula is C24H20ClN7O2. The molecule has 170 valence electrons. The molecule has 1 atom stereocenters. The Morgan fingerprint density at radius 1 is 1.12 bits per heavy atom. The first-order chi connectivity index (χ1) is 16.5. The number of hydrogen-bond acceptors (Lipinski definition) is 8. The number of benzene rings is 1. The van der Waals surface area contributed by atoms with Gasteiger partial charge >= 0.3 is 0 Å². The number of nitrogens with one attached hydrogen (secondary N) is 2. The van der Waals surface area contributed by atoms with Crippen LogP contribution in [-0.4, -0.2) is 32.7 Å². The van der Waals surface area contributed by atoms with Crippen molar-refractivity contribution in [3.63, 3.8) is 0 Å². The van der Waals surface area contributed by atoms with Crippen molar-refractivity contribution < 1.29 is 4.74 Å². The maximum Gasteiger partial charge on any atom is 0.252 e. The van der Waals surface area contributed by atoms with Crippen LogP contribution >= 0.6 is 11.6 Å². The van der Waals surface area contributed by atoms with Gasteiger partial charge in [-0.15, -0.1) is 0 Å². The van der Waals surface area contributed by atoms with Gasteiger partial charge in [0.2, 0.25) is 0 Å². The van der Waals surface area contributed by atoms with Gasteiger partial charge in [0, 0.05) is 55.8 Å². The highest BCUT2D eigenvalue weighted by molar-refractivity contribution is 6.31. The Hall–Kier alpha value is -4.00. The van der Waals surface area contributed by atoms with Crippen LogP contribution < -0.4 is 16.2 Å². The van der Waals surface area contributed by atoms with Crippen LogP contribution in [-0.2, 0) is 17.3 Å². The van der Waals surface area contributed by atoms with Crippen LogP contribution in [0, 0.1) is 11.3 Å².